The van der Waals surface area contributed by atoms with E-state index in [-0.39, 0.29) is 24.2 Å². The maximum Gasteiger partial charge on any atom is 0.275 e. The van der Waals surface area contributed by atoms with Crippen molar-refractivity contribution in [1.29, 1.82) is 0 Å². The topological polar surface area (TPSA) is 88.4 Å². The summed E-state index contributed by atoms with van der Waals surface area (Å²) in [5, 5.41) is 7.29. The number of H-pyrrole nitrogens is 1. The van der Waals surface area contributed by atoms with E-state index in [0.717, 1.165) is 36.9 Å². The number of carbonyl (C=O) groups is 2. The van der Waals surface area contributed by atoms with Gasteiger partial charge in [0.1, 0.15) is 0 Å². The molecule has 0 bridgehead atoms. The third-order valence-corrected chi connectivity index (χ3v) is 4.96. The Hall–Kier alpha value is -2.41. The van der Waals surface area contributed by atoms with E-state index in [4.69, 9.17) is 9.15 Å². The zero-order chi connectivity index (χ0) is 17.2. The Morgan fingerprint density at radius 1 is 1.32 bits per heavy atom. The summed E-state index contributed by atoms with van der Waals surface area (Å²) in [4.78, 5) is 27.1. The van der Waals surface area contributed by atoms with Gasteiger partial charge in [-0.25, -0.2) is 0 Å². The van der Waals surface area contributed by atoms with Crippen LogP contribution < -0.4 is 0 Å². The summed E-state index contributed by atoms with van der Waals surface area (Å²) >= 11 is 0. The molecule has 0 radical (unpaired) electrons. The number of hydrogen-bond donors (Lipinski definition) is 1. The van der Waals surface area contributed by atoms with Crippen molar-refractivity contribution >= 4 is 11.7 Å². The fourth-order valence-corrected chi connectivity index (χ4v) is 3.64. The van der Waals surface area contributed by atoms with Gasteiger partial charge in [-0.15, -0.1) is 0 Å². The molecule has 1 aliphatic carbocycles. The maximum atomic E-state index is 13.1. The fourth-order valence-electron chi connectivity index (χ4n) is 3.64. The summed E-state index contributed by atoms with van der Waals surface area (Å²) in [7, 11) is 0. The highest BCUT2D eigenvalue weighted by Gasteiger charge is 2.33. The lowest BCUT2D eigenvalue weighted by atomic mass is 9.95. The molecule has 3 heterocycles. The summed E-state index contributed by atoms with van der Waals surface area (Å²) in [5.74, 6) is 0.0809. The number of hydrogen-bond acceptors (Lipinski definition) is 5. The quantitative estimate of drug-likeness (QED) is 0.858. The number of Topliss-reactive ketones (excluding diaryl/α,β-unsaturated/α-hetero) is 1. The minimum Gasteiger partial charge on any atom is -0.461 e. The normalized spacial score (nSPS) is 20.3. The average molecular weight is 343 g/mol. The third kappa shape index (κ3) is 3.11. The molecule has 25 heavy (non-hydrogen) atoms. The first kappa shape index (κ1) is 16.1. The lowest BCUT2D eigenvalue weighted by molar-refractivity contribution is -0.00339. The Kier molecular flexibility index (Phi) is 4.40. The number of furan rings is 1. The van der Waals surface area contributed by atoms with Crippen molar-refractivity contribution in [2.75, 3.05) is 19.8 Å². The summed E-state index contributed by atoms with van der Waals surface area (Å²) in [5.41, 5.74) is 2.62. The first-order valence-electron chi connectivity index (χ1n) is 8.75. The molecule has 2 aromatic rings. The van der Waals surface area contributed by atoms with Crippen molar-refractivity contribution in [3.8, 4) is 0 Å². The molecule has 1 saturated heterocycles. The van der Waals surface area contributed by atoms with E-state index in [0.29, 0.717) is 31.2 Å². The molecule has 0 aromatic carbocycles. The van der Waals surface area contributed by atoms with Crippen molar-refractivity contribution in [2.24, 2.45) is 0 Å². The van der Waals surface area contributed by atoms with Gasteiger partial charge in [0, 0.05) is 24.2 Å². The number of aryl methyl sites for hydroxylation is 1. The van der Waals surface area contributed by atoms with Crippen LogP contribution in [-0.4, -0.2) is 52.6 Å². The fraction of sp³-hybridized carbons (Fsp3) is 0.500. The SMILES string of the molecule is O=C(C[C@@H]1COCCN1C(=O)c1n[nH]c2c1CCCC2)c1ccco1. The highest BCUT2D eigenvalue weighted by molar-refractivity contribution is 5.96. The van der Waals surface area contributed by atoms with Crippen LogP contribution in [0, 0.1) is 0 Å². The monoisotopic (exact) mass is 343 g/mol. The molecule has 7 heteroatoms. The van der Waals surface area contributed by atoms with Gasteiger partial charge in [-0.2, -0.15) is 5.10 Å². The molecule has 0 saturated carbocycles. The molecule has 132 valence electrons. The first-order chi connectivity index (χ1) is 12.2. The molecule has 4 rings (SSSR count). The number of aromatic amines is 1. The number of morpholine rings is 1. The molecule has 1 atom stereocenters. The molecule has 1 aliphatic heterocycles. The van der Waals surface area contributed by atoms with Crippen LogP contribution in [0.1, 0.15) is 51.6 Å². The molecule has 2 aromatic heterocycles. The molecule has 7 nitrogen and oxygen atoms in total. The van der Waals surface area contributed by atoms with E-state index >= 15 is 0 Å². The number of carbonyl (C=O) groups excluding carboxylic acids is 2. The van der Waals surface area contributed by atoms with E-state index in [1.807, 2.05) is 0 Å². The van der Waals surface area contributed by atoms with Gasteiger partial charge < -0.3 is 14.1 Å². The van der Waals surface area contributed by atoms with E-state index < -0.39 is 0 Å². The number of rotatable bonds is 4. The van der Waals surface area contributed by atoms with Gasteiger partial charge in [0.15, 0.2) is 17.2 Å². The van der Waals surface area contributed by atoms with Crippen molar-refractivity contribution < 1.29 is 18.7 Å². The Morgan fingerprint density at radius 2 is 2.20 bits per heavy atom. The Balaban J connectivity index is 1.53. The van der Waals surface area contributed by atoms with Crippen LogP contribution in [0.3, 0.4) is 0 Å². The molecular weight excluding hydrogens is 322 g/mol. The summed E-state index contributed by atoms with van der Waals surface area (Å²) in [6.45, 7) is 1.30. The van der Waals surface area contributed by atoms with Gasteiger partial charge in [0.2, 0.25) is 0 Å². The van der Waals surface area contributed by atoms with Crippen LogP contribution in [0.5, 0.6) is 0 Å². The van der Waals surface area contributed by atoms with Crippen LogP contribution in [0.2, 0.25) is 0 Å². The molecule has 1 fully saturated rings. The van der Waals surface area contributed by atoms with E-state index in [1.54, 1.807) is 17.0 Å². The lowest BCUT2D eigenvalue weighted by Gasteiger charge is -2.35. The highest BCUT2D eigenvalue weighted by atomic mass is 16.5. The van der Waals surface area contributed by atoms with Crippen molar-refractivity contribution in [2.45, 2.75) is 38.1 Å². The minimum atomic E-state index is -0.296. The zero-order valence-electron chi connectivity index (χ0n) is 14.0. The second kappa shape index (κ2) is 6.84. The van der Waals surface area contributed by atoms with Crippen LogP contribution in [0.15, 0.2) is 22.8 Å². The van der Waals surface area contributed by atoms with E-state index in [2.05, 4.69) is 10.2 Å². The maximum absolute atomic E-state index is 13.1. The zero-order valence-corrected chi connectivity index (χ0v) is 14.0. The van der Waals surface area contributed by atoms with Gasteiger partial charge in [0.25, 0.3) is 5.91 Å². The van der Waals surface area contributed by atoms with Crippen LogP contribution in [-0.2, 0) is 17.6 Å². The van der Waals surface area contributed by atoms with Crippen LogP contribution in [0.25, 0.3) is 0 Å². The summed E-state index contributed by atoms with van der Waals surface area (Å²) < 4.78 is 10.7. The molecule has 2 aliphatic rings. The van der Waals surface area contributed by atoms with Crippen molar-refractivity contribution in [3.05, 3.63) is 41.1 Å². The molecular formula is C18H21N3O4. The van der Waals surface area contributed by atoms with Gasteiger partial charge in [0.05, 0.1) is 25.5 Å². The first-order valence-corrected chi connectivity index (χ1v) is 8.75. The highest BCUT2D eigenvalue weighted by Crippen LogP contribution is 2.25. The summed E-state index contributed by atoms with van der Waals surface area (Å²) in [6.07, 6.45) is 5.69. The number of aromatic nitrogens is 2. The van der Waals surface area contributed by atoms with Crippen molar-refractivity contribution in [3.63, 3.8) is 0 Å². The van der Waals surface area contributed by atoms with Gasteiger partial charge in [-0.1, -0.05) is 0 Å². The average Bonchev–Trinajstić information content (AvgIpc) is 3.31. The second-order valence-electron chi connectivity index (χ2n) is 6.57. The van der Waals surface area contributed by atoms with E-state index in [1.165, 1.54) is 6.26 Å². The number of amides is 1. The van der Waals surface area contributed by atoms with Crippen molar-refractivity contribution in [1.82, 2.24) is 15.1 Å². The largest absolute Gasteiger partial charge is 0.461 e. The molecule has 0 unspecified atom stereocenters. The minimum absolute atomic E-state index is 0.111. The third-order valence-electron chi connectivity index (χ3n) is 4.96. The Labute approximate surface area is 145 Å². The Morgan fingerprint density at radius 3 is 3.04 bits per heavy atom. The molecule has 1 amide bonds. The number of fused-ring (bicyclic) bond motifs is 1. The van der Waals surface area contributed by atoms with Gasteiger partial charge >= 0.3 is 0 Å². The standard InChI is InChI=1S/C18H21N3O4/c22-15(16-6-3-8-25-16)10-12-11-24-9-7-21(12)18(23)17-13-4-1-2-5-14(13)19-20-17/h3,6,8,12H,1-2,4-5,7,9-11H2,(H,19,20)/t12-/m1/s1. The predicted molar refractivity (Wildman–Crippen MR) is 88.5 cm³/mol. The molecule has 0 spiro atoms. The lowest BCUT2D eigenvalue weighted by Crippen LogP contribution is -2.49. The van der Waals surface area contributed by atoms with Crippen LogP contribution in [0.4, 0.5) is 0 Å². The smallest absolute Gasteiger partial charge is 0.275 e. The van der Waals surface area contributed by atoms with E-state index in [9.17, 15) is 9.59 Å². The second-order valence-corrected chi connectivity index (χ2v) is 6.57. The number of ketones is 1. The number of ether oxygens (including phenoxy) is 1. The molecule has 1 N–H and O–H groups in total. The van der Waals surface area contributed by atoms with Crippen LogP contribution >= 0.6 is 0 Å². The predicted octanol–water partition coefficient (Wildman–Crippen LogP) is 2.00. The number of nitrogens with zero attached hydrogens (tertiary/aromatic N) is 2. The van der Waals surface area contributed by atoms with Gasteiger partial charge in [-0.3, -0.25) is 14.7 Å². The Bertz CT molecular complexity index is 765. The number of nitrogens with one attached hydrogen (secondary N) is 1. The summed E-state index contributed by atoms with van der Waals surface area (Å²) in [6, 6.07) is 3.03. The van der Waals surface area contributed by atoms with Gasteiger partial charge in [-0.05, 0) is 37.8 Å².